The summed E-state index contributed by atoms with van der Waals surface area (Å²) in [7, 11) is 0. The van der Waals surface area contributed by atoms with Crippen LogP contribution < -0.4 is 4.74 Å². The number of benzene rings is 2. The minimum atomic E-state index is -1.26. The highest BCUT2D eigenvalue weighted by Crippen LogP contribution is 2.46. The Labute approximate surface area is 153 Å². The Kier molecular flexibility index (Phi) is 4.84. The predicted molar refractivity (Wildman–Crippen MR) is 102 cm³/mol. The van der Waals surface area contributed by atoms with E-state index in [1.54, 1.807) is 6.08 Å². The topological polar surface area (TPSA) is 45.1 Å². The fourth-order valence-electron chi connectivity index (χ4n) is 3.60. The zero-order valence-electron chi connectivity index (χ0n) is 13.9. The summed E-state index contributed by atoms with van der Waals surface area (Å²) in [5.41, 5.74) is 1.35. The SMILES string of the molecule is C=CCOc1ccccc1C1(O)c2ccccc2C2=NCCCN21.Cl. The molecule has 4 rings (SSSR count). The van der Waals surface area contributed by atoms with Crippen molar-refractivity contribution in [3.8, 4) is 5.75 Å². The number of hydrogen-bond acceptors (Lipinski definition) is 4. The maximum Gasteiger partial charge on any atom is 0.196 e. The number of fused-ring (bicyclic) bond motifs is 3. The standard InChI is InChI=1S/C20H20N2O2.ClH/c1-2-14-24-18-11-6-5-10-17(18)20(23)16-9-4-3-8-15(16)19-21-12-7-13-22(19)20;/h2-6,8-11,23H,1,7,12-14H2;1H. The molecule has 0 amide bonds. The quantitative estimate of drug-likeness (QED) is 0.855. The van der Waals surface area contributed by atoms with E-state index in [0.717, 1.165) is 42.0 Å². The van der Waals surface area contributed by atoms with Gasteiger partial charge in [-0.2, -0.15) is 0 Å². The molecule has 1 unspecified atom stereocenters. The lowest BCUT2D eigenvalue weighted by Crippen LogP contribution is -2.47. The van der Waals surface area contributed by atoms with Crippen molar-refractivity contribution in [2.75, 3.05) is 19.7 Å². The van der Waals surface area contributed by atoms with Crippen LogP contribution in [0.2, 0.25) is 0 Å². The summed E-state index contributed by atoms with van der Waals surface area (Å²) in [4.78, 5) is 6.67. The lowest BCUT2D eigenvalue weighted by molar-refractivity contribution is -0.0336. The fourth-order valence-corrected chi connectivity index (χ4v) is 3.60. The number of amidine groups is 1. The molecule has 4 nitrogen and oxygen atoms in total. The highest BCUT2D eigenvalue weighted by Gasteiger charge is 2.50. The molecule has 0 aromatic heterocycles. The van der Waals surface area contributed by atoms with E-state index in [1.165, 1.54) is 0 Å². The molecular formula is C20H21ClN2O2. The van der Waals surface area contributed by atoms with Crippen LogP contribution in [-0.4, -0.2) is 35.5 Å². The van der Waals surface area contributed by atoms with Crippen LogP contribution in [-0.2, 0) is 5.72 Å². The van der Waals surface area contributed by atoms with Gasteiger partial charge in [0.1, 0.15) is 18.2 Å². The number of halogens is 1. The third-order valence-corrected chi connectivity index (χ3v) is 4.61. The summed E-state index contributed by atoms with van der Waals surface area (Å²) in [5, 5.41) is 11.8. The largest absolute Gasteiger partial charge is 0.489 e. The molecule has 2 aromatic rings. The van der Waals surface area contributed by atoms with Gasteiger partial charge < -0.3 is 14.7 Å². The van der Waals surface area contributed by atoms with Crippen LogP contribution >= 0.6 is 12.4 Å². The lowest BCUT2D eigenvalue weighted by atomic mass is 9.93. The van der Waals surface area contributed by atoms with E-state index in [9.17, 15) is 5.11 Å². The molecule has 2 heterocycles. The molecule has 130 valence electrons. The number of para-hydroxylation sites is 1. The van der Waals surface area contributed by atoms with Gasteiger partial charge in [0.2, 0.25) is 0 Å². The van der Waals surface area contributed by atoms with Crippen LogP contribution in [0.5, 0.6) is 5.75 Å². The molecule has 0 aliphatic carbocycles. The van der Waals surface area contributed by atoms with E-state index in [-0.39, 0.29) is 12.4 Å². The van der Waals surface area contributed by atoms with Gasteiger partial charge >= 0.3 is 0 Å². The number of aliphatic imine (C=N–C) groups is 1. The number of rotatable bonds is 4. The number of ether oxygens (including phenoxy) is 1. The Morgan fingerprint density at radius 1 is 1.16 bits per heavy atom. The molecule has 0 saturated carbocycles. The van der Waals surface area contributed by atoms with Gasteiger partial charge in [-0.25, -0.2) is 0 Å². The molecular weight excluding hydrogens is 336 g/mol. The molecule has 5 heteroatoms. The predicted octanol–water partition coefficient (Wildman–Crippen LogP) is 3.33. The van der Waals surface area contributed by atoms with E-state index in [0.29, 0.717) is 12.4 Å². The normalized spacial score (nSPS) is 20.8. The van der Waals surface area contributed by atoms with Crippen LogP contribution in [0.4, 0.5) is 0 Å². The summed E-state index contributed by atoms with van der Waals surface area (Å²) in [6, 6.07) is 15.6. The minimum Gasteiger partial charge on any atom is -0.489 e. The Balaban J connectivity index is 0.00000182. The number of hydrogen-bond donors (Lipinski definition) is 1. The van der Waals surface area contributed by atoms with Gasteiger partial charge in [0.25, 0.3) is 0 Å². The van der Waals surface area contributed by atoms with Crippen molar-refractivity contribution in [1.29, 1.82) is 0 Å². The second-order valence-electron chi connectivity index (χ2n) is 6.02. The van der Waals surface area contributed by atoms with Crippen molar-refractivity contribution < 1.29 is 9.84 Å². The van der Waals surface area contributed by atoms with Crippen molar-refractivity contribution in [2.45, 2.75) is 12.1 Å². The van der Waals surface area contributed by atoms with Crippen LogP contribution in [0, 0.1) is 0 Å². The van der Waals surface area contributed by atoms with Crippen molar-refractivity contribution in [1.82, 2.24) is 4.90 Å². The third kappa shape index (κ3) is 2.62. The maximum atomic E-state index is 11.8. The van der Waals surface area contributed by atoms with Crippen LogP contribution in [0.15, 0.2) is 66.2 Å². The van der Waals surface area contributed by atoms with Crippen molar-refractivity contribution in [3.05, 3.63) is 77.9 Å². The average Bonchev–Trinajstić information content (AvgIpc) is 2.91. The number of nitrogens with zero attached hydrogens (tertiary/aromatic N) is 2. The first kappa shape index (κ1) is 17.5. The Morgan fingerprint density at radius 3 is 2.68 bits per heavy atom. The van der Waals surface area contributed by atoms with Crippen LogP contribution in [0.3, 0.4) is 0 Å². The van der Waals surface area contributed by atoms with Gasteiger partial charge in [-0.05, 0) is 12.5 Å². The summed E-state index contributed by atoms with van der Waals surface area (Å²) >= 11 is 0. The molecule has 0 bridgehead atoms. The Bertz CT molecular complexity index is 821. The fraction of sp³-hybridized carbons (Fsp3) is 0.250. The molecule has 0 radical (unpaired) electrons. The van der Waals surface area contributed by atoms with Gasteiger partial charge in [0.15, 0.2) is 5.72 Å². The lowest BCUT2D eigenvalue weighted by Gasteiger charge is -2.38. The molecule has 2 aliphatic heterocycles. The van der Waals surface area contributed by atoms with Crippen LogP contribution in [0.25, 0.3) is 0 Å². The summed E-state index contributed by atoms with van der Waals surface area (Å²) in [5.74, 6) is 1.54. The molecule has 0 spiro atoms. The van der Waals surface area contributed by atoms with Gasteiger partial charge in [-0.3, -0.25) is 4.99 Å². The maximum absolute atomic E-state index is 11.8. The highest BCUT2D eigenvalue weighted by molar-refractivity contribution is 6.04. The molecule has 1 atom stereocenters. The molecule has 0 fully saturated rings. The number of aliphatic hydroxyl groups is 1. The zero-order valence-corrected chi connectivity index (χ0v) is 14.7. The second kappa shape index (κ2) is 6.90. The van der Waals surface area contributed by atoms with Crippen LogP contribution in [0.1, 0.15) is 23.1 Å². The van der Waals surface area contributed by atoms with Gasteiger partial charge in [0, 0.05) is 24.2 Å². The summed E-state index contributed by atoms with van der Waals surface area (Å²) in [6.45, 7) is 5.66. The summed E-state index contributed by atoms with van der Waals surface area (Å²) in [6.07, 6.45) is 2.63. The van der Waals surface area contributed by atoms with E-state index < -0.39 is 5.72 Å². The first-order chi connectivity index (χ1) is 11.8. The second-order valence-corrected chi connectivity index (χ2v) is 6.02. The van der Waals surface area contributed by atoms with Gasteiger partial charge in [0.05, 0.1) is 5.56 Å². The van der Waals surface area contributed by atoms with E-state index in [1.807, 2.05) is 53.4 Å². The van der Waals surface area contributed by atoms with E-state index in [2.05, 4.69) is 11.6 Å². The minimum absolute atomic E-state index is 0. The third-order valence-electron chi connectivity index (χ3n) is 4.61. The molecule has 2 aromatic carbocycles. The van der Waals surface area contributed by atoms with Gasteiger partial charge in [-0.1, -0.05) is 55.1 Å². The summed E-state index contributed by atoms with van der Waals surface area (Å²) < 4.78 is 5.81. The van der Waals surface area contributed by atoms with Crippen molar-refractivity contribution in [3.63, 3.8) is 0 Å². The first-order valence-corrected chi connectivity index (χ1v) is 8.24. The first-order valence-electron chi connectivity index (χ1n) is 8.24. The molecule has 2 aliphatic rings. The van der Waals surface area contributed by atoms with Crippen molar-refractivity contribution in [2.24, 2.45) is 4.99 Å². The molecule has 1 N–H and O–H groups in total. The average molecular weight is 357 g/mol. The Morgan fingerprint density at radius 2 is 1.88 bits per heavy atom. The Hall–Kier alpha value is -2.30. The monoisotopic (exact) mass is 356 g/mol. The smallest absolute Gasteiger partial charge is 0.196 e. The van der Waals surface area contributed by atoms with E-state index >= 15 is 0 Å². The molecule has 25 heavy (non-hydrogen) atoms. The van der Waals surface area contributed by atoms with Crippen molar-refractivity contribution >= 4 is 18.2 Å². The van der Waals surface area contributed by atoms with E-state index in [4.69, 9.17) is 4.74 Å². The molecule has 0 saturated heterocycles. The van der Waals surface area contributed by atoms with Gasteiger partial charge in [-0.15, -0.1) is 12.4 Å². The zero-order chi connectivity index (χ0) is 16.6. The highest BCUT2D eigenvalue weighted by atomic mass is 35.5.